The highest BCUT2D eigenvalue weighted by Gasteiger charge is 2.09. The smallest absolute Gasteiger partial charge is 0.319 e. The van der Waals surface area contributed by atoms with Gasteiger partial charge in [0.2, 0.25) is 0 Å². The first kappa shape index (κ1) is 11.7. The van der Waals surface area contributed by atoms with Crippen molar-refractivity contribution < 1.29 is 22.2 Å². The van der Waals surface area contributed by atoms with E-state index >= 15 is 0 Å². The lowest BCUT2D eigenvalue weighted by molar-refractivity contribution is -0.103. The van der Waals surface area contributed by atoms with Crippen LogP contribution in [-0.2, 0) is 21.2 Å². The van der Waals surface area contributed by atoms with E-state index < -0.39 is 10.4 Å². The van der Waals surface area contributed by atoms with Gasteiger partial charge in [0.1, 0.15) is 0 Å². The van der Waals surface area contributed by atoms with E-state index in [4.69, 9.17) is 4.55 Å². The van der Waals surface area contributed by atoms with Crippen LogP contribution in [0, 0.1) is 0 Å². The second-order valence-electron chi connectivity index (χ2n) is 2.68. The molecule has 0 saturated heterocycles. The number of para-hydroxylation sites is 1. The van der Waals surface area contributed by atoms with Crippen LogP contribution in [-0.4, -0.2) is 13.0 Å². The minimum absolute atomic E-state index is 0.218. The van der Waals surface area contributed by atoms with E-state index in [1.165, 1.54) is 6.07 Å². The Bertz CT molecular complexity index is 438. The van der Waals surface area contributed by atoms with Gasteiger partial charge in [-0.05, 0) is 16.8 Å². The van der Waals surface area contributed by atoms with Crippen molar-refractivity contribution in [2.75, 3.05) is 0 Å². The monoisotopic (exact) mass is 230 g/mol. The van der Waals surface area contributed by atoms with E-state index in [0.717, 1.165) is 0 Å². The van der Waals surface area contributed by atoms with Crippen LogP contribution in [0.4, 0.5) is 0 Å². The molecule has 0 atom stereocenters. The third kappa shape index (κ3) is 4.11. The third-order valence-electron chi connectivity index (χ3n) is 1.55. The molecule has 0 aliphatic carbocycles. The molecule has 0 bridgehead atoms. The van der Waals surface area contributed by atoms with Crippen LogP contribution in [0.15, 0.2) is 36.9 Å². The van der Waals surface area contributed by atoms with Crippen LogP contribution in [0.3, 0.4) is 0 Å². The lowest BCUT2D eigenvalue weighted by atomic mass is 10.1. The number of rotatable bonds is 5. The molecule has 0 saturated carbocycles. The molecule has 1 N–H and O–H groups in total. The lowest BCUT2D eigenvalue weighted by Gasteiger charge is -2.05. The minimum atomic E-state index is -4.60. The second-order valence-corrected chi connectivity index (χ2v) is 3.67. The molecule has 1 rings (SSSR count). The minimum Gasteiger partial charge on any atom is -0.319 e. The van der Waals surface area contributed by atoms with Gasteiger partial charge < -0.3 is 4.89 Å². The van der Waals surface area contributed by atoms with Crippen LogP contribution >= 0.6 is 0 Å². The maximum Gasteiger partial charge on any atom is 0.432 e. The molecule has 0 aliphatic heterocycles. The molecular formula is C9H10O5S. The maximum absolute atomic E-state index is 10.3. The SMILES string of the molecule is C=CCc1ccccc1OOS(=O)(=O)O. The van der Waals surface area contributed by atoms with E-state index in [9.17, 15) is 8.42 Å². The average Bonchev–Trinajstić information content (AvgIpc) is 2.16. The summed E-state index contributed by atoms with van der Waals surface area (Å²) in [4.78, 5) is 4.47. The molecule has 82 valence electrons. The molecule has 6 heteroatoms. The summed E-state index contributed by atoms with van der Waals surface area (Å²) in [6.07, 6.45) is 2.14. The Balaban J connectivity index is 2.80. The van der Waals surface area contributed by atoms with Gasteiger partial charge in [0.25, 0.3) is 0 Å². The first-order valence-electron chi connectivity index (χ1n) is 4.05. The first-order valence-corrected chi connectivity index (χ1v) is 5.42. The van der Waals surface area contributed by atoms with Crippen molar-refractivity contribution in [3.05, 3.63) is 42.5 Å². The van der Waals surface area contributed by atoms with Crippen molar-refractivity contribution in [3.8, 4) is 5.75 Å². The lowest BCUT2D eigenvalue weighted by Crippen LogP contribution is -2.07. The summed E-state index contributed by atoms with van der Waals surface area (Å²) in [5, 5.41) is 0. The van der Waals surface area contributed by atoms with E-state index in [1.54, 1.807) is 24.3 Å². The number of benzene rings is 1. The summed E-state index contributed by atoms with van der Waals surface area (Å²) in [6, 6.07) is 6.66. The summed E-state index contributed by atoms with van der Waals surface area (Å²) in [5.41, 5.74) is 0.705. The largest absolute Gasteiger partial charge is 0.432 e. The van der Waals surface area contributed by atoms with Crippen LogP contribution in [0.25, 0.3) is 0 Å². The van der Waals surface area contributed by atoms with Crippen LogP contribution in [0.5, 0.6) is 5.75 Å². The number of hydrogen-bond donors (Lipinski definition) is 1. The van der Waals surface area contributed by atoms with Gasteiger partial charge in [-0.15, -0.1) is 6.58 Å². The van der Waals surface area contributed by atoms with Gasteiger partial charge in [0, 0.05) is 5.56 Å². The van der Waals surface area contributed by atoms with Gasteiger partial charge in [0.15, 0.2) is 5.75 Å². The molecule has 0 amide bonds. The maximum atomic E-state index is 10.3. The number of hydrogen-bond acceptors (Lipinski definition) is 4. The standard InChI is InChI=1S/C9H10O5S/c1-2-5-8-6-3-4-7-9(8)13-14-15(10,11)12/h2-4,6-7H,1,5H2,(H,10,11,12). The van der Waals surface area contributed by atoms with Crippen molar-refractivity contribution >= 4 is 10.4 Å². The highest BCUT2D eigenvalue weighted by molar-refractivity contribution is 7.80. The molecule has 0 unspecified atom stereocenters. The van der Waals surface area contributed by atoms with Crippen molar-refractivity contribution in [2.45, 2.75) is 6.42 Å². The van der Waals surface area contributed by atoms with Gasteiger partial charge in [-0.25, -0.2) is 0 Å². The van der Waals surface area contributed by atoms with Gasteiger partial charge in [-0.2, -0.15) is 8.42 Å². The zero-order valence-corrected chi connectivity index (χ0v) is 8.61. The Morgan fingerprint density at radius 1 is 1.40 bits per heavy atom. The first-order chi connectivity index (χ1) is 7.03. The van der Waals surface area contributed by atoms with Crippen molar-refractivity contribution in [3.63, 3.8) is 0 Å². The van der Waals surface area contributed by atoms with E-state index in [0.29, 0.717) is 12.0 Å². The van der Waals surface area contributed by atoms with Crippen LogP contribution < -0.4 is 4.89 Å². The van der Waals surface area contributed by atoms with Crippen molar-refractivity contribution in [2.24, 2.45) is 0 Å². The summed E-state index contributed by atoms with van der Waals surface area (Å²) in [5.74, 6) is 0.218. The molecule has 0 heterocycles. The predicted molar refractivity (Wildman–Crippen MR) is 53.6 cm³/mol. The molecule has 1 aromatic rings. The van der Waals surface area contributed by atoms with E-state index in [2.05, 4.69) is 15.8 Å². The Morgan fingerprint density at radius 2 is 2.07 bits per heavy atom. The summed E-state index contributed by atoms with van der Waals surface area (Å²) >= 11 is 0. The van der Waals surface area contributed by atoms with Crippen molar-refractivity contribution in [1.29, 1.82) is 0 Å². The Kier molecular flexibility index (Phi) is 3.84. The third-order valence-corrected chi connectivity index (χ3v) is 1.79. The van der Waals surface area contributed by atoms with Crippen LogP contribution in [0.1, 0.15) is 5.56 Å². The fraction of sp³-hybridized carbons (Fsp3) is 0.111. The van der Waals surface area contributed by atoms with Gasteiger partial charge in [-0.3, -0.25) is 4.55 Å². The summed E-state index contributed by atoms with van der Waals surface area (Å²) in [6.45, 7) is 3.54. The van der Waals surface area contributed by atoms with Crippen LogP contribution in [0.2, 0.25) is 0 Å². The molecular weight excluding hydrogens is 220 g/mol. The highest BCUT2D eigenvalue weighted by Crippen LogP contribution is 2.19. The molecule has 0 spiro atoms. The fourth-order valence-electron chi connectivity index (χ4n) is 0.989. The molecule has 5 nitrogen and oxygen atoms in total. The quantitative estimate of drug-likeness (QED) is 0.359. The zero-order chi connectivity index (χ0) is 11.3. The predicted octanol–water partition coefficient (Wildman–Crippen LogP) is 1.53. The van der Waals surface area contributed by atoms with Crippen molar-refractivity contribution in [1.82, 2.24) is 0 Å². The van der Waals surface area contributed by atoms with E-state index in [-0.39, 0.29) is 5.75 Å². The molecule has 0 radical (unpaired) electrons. The normalized spacial score (nSPS) is 11.0. The summed E-state index contributed by atoms with van der Waals surface area (Å²) in [7, 11) is -4.60. The Labute approximate surface area is 87.8 Å². The molecule has 0 fully saturated rings. The molecule has 15 heavy (non-hydrogen) atoms. The van der Waals surface area contributed by atoms with Gasteiger partial charge in [0.05, 0.1) is 0 Å². The fourth-order valence-corrected chi connectivity index (χ4v) is 1.15. The van der Waals surface area contributed by atoms with Gasteiger partial charge >= 0.3 is 10.4 Å². The van der Waals surface area contributed by atoms with E-state index in [1.807, 2.05) is 0 Å². The Hall–Kier alpha value is -1.37. The number of allylic oxidation sites excluding steroid dienone is 1. The zero-order valence-electron chi connectivity index (χ0n) is 7.79. The summed E-state index contributed by atoms with van der Waals surface area (Å²) < 4.78 is 32.6. The molecule has 0 aliphatic rings. The molecule has 1 aromatic carbocycles. The molecule has 0 aromatic heterocycles. The van der Waals surface area contributed by atoms with Gasteiger partial charge in [-0.1, -0.05) is 24.3 Å². The Morgan fingerprint density at radius 3 is 2.67 bits per heavy atom. The second kappa shape index (κ2) is 4.92. The highest BCUT2D eigenvalue weighted by atomic mass is 32.3. The topological polar surface area (TPSA) is 72.8 Å². The average molecular weight is 230 g/mol.